The van der Waals surface area contributed by atoms with E-state index in [1.165, 1.54) is 23.1 Å². The van der Waals surface area contributed by atoms with Crippen LogP contribution in [0.15, 0.2) is 53.7 Å². The number of thiophene rings is 1. The summed E-state index contributed by atoms with van der Waals surface area (Å²) >= 11 is 8.99. The molecule has 2 aromatic carbocycles. The first-order valence-electron chi connectivity index (χ1n) is 9.03. The maximum atomic E-state index is 12.3. The van der Waals surface area contributed by atoms with E-state index in [1.807, 2.05) is 48.5 Å². The maximum absolute atomic E-state index is 12.3. The minimum atomic E-state index is -0.475. The topological polar surface area (TPSA) is 79.1 Å². The van der Waals surface area contributed by atoms with E-state index in [0.29, 0.717) is 20.8 Å². The van der Waals surface area contributed by atoms with Crippen molar-refractivity contribution < 1.29 is 14.3 Å². The van der Waals surface area contributed by atoms with Crippen LogP contribution in [0.2, 0.25) is 5.02 Å². The molecule has 10 heteroatoms. The second-order valence-electron chi connectivity index (χ2n) is 6.03. The zero-order valence-corrected chi connectivity index (χ0v) is 18.6. The molecule has 0 aliphatic carbocycles. The molecule has 4 aromatic rings. The Kier molecular flexibility index (Phi) is 6.72. The van der Waals surface area contributed by atoms with Gasteiger partial charge in [0.15, 0.2) is 6.61 Å². The number of esters is 1. The molecule has 2 heterocycles. The third-order valence-electron chi connectivity index (χ3n) is 4.15. The van der Waals surface area contributed by atoms with Gasteiger partial charge in [-0.05, 0) is 40.8 Å². The van der Waals surface area contributed by atoms with Gasteiger partial charge in [0.2, 0.25) is 5.16 Å². The number of rotatable bonds is 6. The van der Waals surface area contributed by atoms with Crippen LogP contribution in [0.3, 0.4) is 0 Å². The van der Waals surface area contributed by atoms with E-state index in [-0.39, 0.29) is 6.61 Å². The van der Waals surface area contributed by atoms with E-state index < -0.39 is 5.97 Å². The van der Waals surface area contributed by atoms with Crippen molar-refractivity contribution >= 4 is 50.8 Å². The predicted octanol–water partition coefficient (Wildman–Crippen LogP) is 4.49. The Morgan fingerprint density at radius 1 is 1.19 bits per heavy atom. The van der Waals surface area contributed by atoms with Gasteiger partial charge in [0.05, 0.1) is 23.6 Å². The zero-order chi connectivity index (χ0) is 21.6. The number of nitrogens with zero attached hydrogens (tertiary/aromatic N) is 4. The molecule has 4 rings (SSSR count). The summed E-state index contributed by atoms with van der Waals surface area (Å²) in [6.07, 6.45) is 0. The molecule has 0 atom stereocenters. The first kappa shape index (κ1) is 21.2. The maximum Gasteiger partial charge on any atom is 0.350 e. The fourth-order valence-corrected chi connectivity index (χ4v) is 4.73. The molecule has 0 bridgehead atoms. The van der Waals surface area contributed by atoms with Crippen LogP contribution in [-0.4, -0.2) is 45.6 Å². The molecule has 0 N–H and O–H groups in total. The second kappa shape index (κ2) is 9.83. The number of ether oxygens (including phenoxy) is 2. The summed E-state index contributed by atoms with van der Waals surface area (Å²) in [5.41, 5.74) is 0.815. The zero-order valence-electron chi connectivity index (χ0n) is 16.2. The summed E-state index contributed by atoms with van der Waals surface area (Å²) in [6, 6.07) is 15.0. The highest BCUT2D eigenvalue weighted by atomic mass is 35.5. The molecule has 0 saturated carbocycles. The normalized spacial score (nSPS) is 10.5. The Morgan fingerprint density at radius 3 is 2.77 bits per heavy atom. The van der Waals surface area contributed by atoms with Gasteiger partial charge in [0, 0.05) is 10.1 Å². The van der Waals surface area contributed by atoms with E-state index in [9.17, 15) is 4.79 Å². The highest BCUT2D eigenvalue weighted by Gasteiger charge is 2.17. The van der Waals surface area contributed by atoms with Crippen LogP contribution in [0.4, 0.5) is 0 Å². The van der Waals surface area contributed by atoms with Gasteiger partial charge in [-0.15, -0.1) is 16.4 Å². The Morgan fingerprint density at radius 2 is 2.00 bits per heavy atom. The lowest BCUT2D eigenvalue weighted by Crippen LogP contribution is -2.03. The third kappa shape index (κ3) is 4.82. The molecule has 0 fully saturated rings. The number of carbonyl (C=O) groups excluding carboxylic acids is 1. The largest absolute Gasteiger partial charge is 0.497 e. The lowest BCUT2D eigenvalue weighted by molar-refractivity contribution is 0.0562. The monoisotopic (exact) mass is 470 g/mol. The number of methoxy groups -OCH3 is 1. The fraction of sp³-hybridized carbons (Fsp3) is 0.143. The number of thioether (sulfide) groups is 1. The molecule has 0 unspecified atom stereocenters. The third-order valence-corrected chi connectivity index (χ3v) is 6.61. The van der Waals surface area contributed by atoms with Crippen molar-refractivity contribution in [3.8, 4) is 23.3 Å². The summed E-state index contributed by atoms with van der Waals surface area (Å²) in [7, 11) is 1.61. The van der Waals surface area contributed by atoms with Crippen molar-refractivity contribution in [3.05, 3.63) is 58.4 Å². The van der Waals surface area contributed by atoms with Crippen LogP contribution in [0.25, 0.3) is 15.8 Å². The minimum Gasteiger partial charge on any atom is -0.497 e. The number of aromatic nitrogens is 4. The van der Waals surface area contributed by atoms with Gasteiger partial charge in [0.25, 0.3) is 0 Å². The smallest absolute Gasteiger partial charge is 0.350 e. The number of fused-ring (bicyclic) bond motifs is 1. The molecule has 0 aliphatic rings. The fourth-order valence-electron chi connectivity index (χ4n) is 2.67. The summed E-state index contributed by atoms with van der Waals surface area (Å²) in [4.78, 5) is 12.7. The first-order chi connectivity index (χ1) is 15.2. The SMILES string of the molecule is COc1ccc(-n2nnnc2SCC#CCOC(=O)c2sc3ccccc3c2Cl)cc1. The van der Waals surface area contributed by atoms with Crippen LogP contribution < -0.4 is 4.74 Å². The molecule has 0 amide bonds. The quantitative estimate of drug-likeness (QED) is 0.233. The van der Waals surface area contributed by atoms with Crippen molar-refractivity contribution in [1.29, 1.82) is 0 Å². The lowest BCUT2D eigenvalue weighted by Gasteiger charge is -2.04. The van der Waals surface area contributed by atoms with E-state index >= 15 is 0 Å². The molecule has 0 saturated heterocycles. The molecular formula is C21H15ClN4O3S2. The Hall–Kier alpha value is -3.06. The van der Waals surface area contributed by atoms with Gasteiger partial charge in [-0.2, -0.15) is 4.68 Å². The molecule has 2 aromatic heterocycles. The summed E-state index contributed by atoms with van der Waals surface area (Å²) in [5.74, 6) is 6.50. The van der Waals surface area contributed by atoms with Crippen LogP contribution in [0.1, 0.15) is 9.67 Å². The molecule has 31 heavy (non-hydrogen) atoms. The van der Waals surface area contributed by atoms with Crippen LogP contribution in [0, 0.1) is 11.8 Å². The van der Waals surface area contributed by atoms with Gasteiger partial charge in [-0.3, -0.25) is 0 Å². The summed E-state index contributed by atoms with van der Waals surface area (Å²) in [5, 5.41) is 13.6. The van der Waals surface area contributed by atoms with Crippen molar-refractivity contribution in [2.45, 2.75) is 5.16 Å². The molecule has 0 spiro atoms. The van der Waals surface area contributed by atoms with Gasteiger partial charge >= 0.3 is 5.97 Å². The van der Waals surface area contributed by atoms with Crippen molar-refractivity contribution in [3.63, 3.8) is 0 Å². The summed E-state index contributed by atoms with van der Waals surface area (Å²) < 4.78 is 13.0. The van der Waals surface area contributed by atoms with E-state index in [0.717, 1.165) is 21.5 Å². The molecule has 156 valence electrons. The van der Waals surface area contributed by atoms with Gasteiger partial charge in [-0.1, -0.05) is 53.4 Å². The Balaban J connectivity index is 1.31. The van der Waals surface area contributed by atoms with Gasteiger partial charge in [-0.25, -0.2) is 4.79 Å². The van der Waals surface area contributed by atoms with Crippen LogP contribution >= 0.6 is 34.7 Å². The van der Waals surface area contributed by atoms with E-state index in [1.54, 1.807) is 11.8 Å². The summed E-state index contributed by atoms with van der Waals surface area (Å²) in [6.45, 7) is -0.0204. The first-order valence-corrected chi connectivity index (χ1v) is 11.2. The minimum absolute atomic E-state index is 0.0204. The predicted molar refractivity (Wildman–Crippen MR) is 121 cm³/mol. The van der Waals surface area contributed by atoms with Crippen molar-refractivity contribution in [1.82, 2.24) is 20.2 Å². The molecule has 0 aliphatic heterocycles. The van der Waals surface area contributed by atoms with Gasteiger partial charge < -0.3 is 9.47 Å². The average molecular weight is 471 g/mol. The highest BCUT2D eigenvalue weighted by Crippen LogP contribution is 2.35. The molecule has 7 nitrogen and oxygen atoms in total. The number of tetrazole rings is 1. The second-order valence-corrected chi connectivity index (χ2v) is 8.40. The number of hydrogen-bond donors (Lipinski definition) is 0. The Labute approximate surface area is 191 Å². The molecule has 0 radical (unpaired) electrons. The van der Waals surface area contributed by atoms with E-state index in [2.05, 4.69) is 27.4 Å². The van der Waals surface area contributed by atoms with Crippen molar-refractivity contribution in [2.75, 3.05) is 19.5 Å². The average Bonchev–Trinajstić information content (AvgIpc) is 3.41. The van der Waals surface area contributed by atoms with Crippen LogP contribution in [0.5, 0.6) is 5.75 Å². The Bertz CT molecular complexity index is 1280. The highest BCUT2D eigenvalue weighted by molar-refractivity contribution is 7.99. The van der Waals surface area contributed by atoms with E-state index in [4.69, 9.17) is 21.1 Å². The van der Waals surface area contributed by atoms with Crippen molar-refractivity contribution in [2.24, 2.45) is 0 Å². The van der Waals surface area contributed by atoms with Gasteiger partial charge in [0.1, 0.15) is 10.6 Å². The number of halogens is 1. The number of benzene rings is 2. The van der Waals surface area contributed by atoms with Crippen LogP contribution in [-0.2, 0) is 4.74 Å². The molecular weight excluding hydrogens is 456 g/mol. The number of hydrogen-bond acceptors (Lipinski definition) is 8. The standard InChI is InChI=1S/C21H15ClN4O3S2/c1-28-15-10-8-14(9-11-15)26-21(23-24-25-26)30-13-5-4-12-29-20(27)19-18(22)16-6-2-3-7-17(16)31-19/h2-3,6-11H,12-13H2,1H3. The number of carbonyl (C=O) groups is 1. The lowest BCUT2D eigenvalue weighted by atomic mass is 10.2.